The largest absolute Gasteiger partial charge is 0.444 e. The number of amides is 1. The second-order valence-corrected chi connectivity index (χ2v) is 12.5. The molecule has 0 unspecified atom stereocenters. The lowest BCUT2D eigenvalue weighted by Gasteiger charge is -2.39. The Kier molecular flexibility index (Phi) is 5.89. The number of piperidine rings is 1. The van der Waals surface area contributed by atoms with Crippen molar-refractivity contribution in [2.75, 3.05) is 11.6 Å². The fourth-order valence-electron chi connectivity index (χ4n) is 5.15. The van der Waals surface area contributed by atoms with Crippen LogP contribution in [0, 0.1) is 5.82 Å². The molecule has 0 aliphatic carbocycles. The minimum Gasteiger partial charge on any atom is -0.444 e. The van der Waals surface area contributed by atoms with E-state index in [0.717, 1.165) is 38.0 Å². The molecular weight excluding hydrogens is 487 g/mol. The van der Waals surface area contributed by atoms with Gasteiger partial charge in [-0.1, -0.05) is 0 Å². The summed E-state index contributed by atoms with van der Waals surface area (Å²) in [6.07, 6.45) is 7.10. The van der Waals surface area contributed by atoms with Gasteiger partial charge in [-0.15, -0.1) is 0 Å². The van der Waals surface area contributed by atoms with Gasteiger partial charge in [0.05, 0.1) is 28.2 Å². The molecule has 1 amide bonds. The number of hydrogen-bond donors (Lipinski definition) is 1. The number of ether oxygens (including phenoxy) is 1. The number of carbonyl (C=O) groups excluding carboxylic acids is 1. The van der Waals surface area contributed by atoms with E-state index in [1.165, 1.54) is 18.5 Å². The maximum atomic E-state index is 14.6. The summed E-state index contributed by atoms with van der Waals surface area (Å²) >= 11 is 0. The van der Waals surface area contributed by atoms with E-state index in [1.54, 1.807) is 6.20 Å². The number of aromatic nitrogens is 4. The first-order chi connectivity index (χ1) is 16.9. The van der Waals surface area contributed by atoms with Crippen LogP contribution in [0.15, 0.2) is 35.6 Å². The van der Waals surface area contributed by atoms with Gasteiger partial charge >= 0.3 is 6.09 Å². The maximum Gasteiger partial charge on any atom is 0.410 e. The number of sulfone groups is 1. The monoisotopic (exact) mass is 516 g/mol. The lowest BCUT2D eigenvalue weighted by Crippen LogP contribution is -2.48. The third-order valence-corrected chi connectivity index (χ3v) is 7.78. The van der Waals surface area contributed by atoms with Crippen molar-refractivity contribution in [2.45, 2.75) is 75.1 Å². The van der Waals surface area contributed by atoms with Crippen LogP contribution in [0.2, 0.25) is 0 Å². The number of hydrogen-bond acceptors (Lipinski definition) is 8. The van der Waals surface area contributed by atoms with Gasteiger partial charge in [-0.25, -0.2) is 32.3 Å². The summed E-state index contributed by atoms with van der Waals surface area (Å²) in [7, 11) is -3.52. The Morgan fingerprint density at radius 1 is 1.14 bits per heavy atom. The van der Waals surface area contributed by atoms with Gasteiger partial charge in [-0.2, -0.15) is 5.10 Å². The summed E-state index contributed by atoms with van der Waals surface area (Å²) in [6, 6.07) is 3.89. The van der Waals surface area contributed by atoms with Crippen LogP contribution < -0.4 is 5.32 Å². The molecule has 2 aliphatic heterocycles. The normalized spacial score (nSPS) is 22.1. The van der Waals surface area contributed by atoms with E-state index >= 15 is 0 Å². The lowest BCUT2D eigenvalue weighted by atomic mass is 9.98. The van der Waals surface area contributed by atoms with Crippen molar-refractivity contribution in [3.05, 3.63) is 36.5 Å². The molecule has 2 aliphatic rings. The van der Waals surface area contributed by atoms with Gasteiger partial charge in [0.25, 0.3) is 0 Å². The molecule has 0 saturated carbocycles. The van der Waals surface area contributed by atoms with Crippen LogP contribution in [0.3, 0.4) is 0 Å². The van der Waals surface area contributed by atoms with Crippen molar-refractivity contribution in [3.63, 3.8) is 0 Å². The van der Waals surface area contributed by atoms with Crippen LogP contribution in [0.5, 0.6) is 0 Å². The summed E-state index contributed by atoms with van der Waals surface area (Å²) in [5.74, 6) is -0.338. The number of anilines is 2. The molecule has 2 bridgehead atoms. The van der Waals surface area contributed by atoms with E-state index in [0.29, 0.717) is 16.9 Å². The van der Waals surface area contributed by atoms with Crippen molar-refractivity contribution in [1.82, 2.24) is 24.6 Å². The first-order valence-corrected chi connectivity index (χ1v) is 13.8. The predicted octanol–water partition coefficient (Wildman–Crippen LogP) is 4.22. The number of halogens is 1. The van der Waals surface area contributed by atoms with Gasteiger partial charge in [-0.3, -0.25) is 0 Å². The highest BCUT2D eigenvalue weighted by Crippen LogP contribution is 2.42. The standard InChI is InChI=1S/C24H29FN6O4S/c1-24(2,3)35-23(32)30-14-5-6-15(30)10-16(9-14)31-22-18(12-28-31)21(26-13-27-22)29-20-8-7-17(11-19(20)25)36(4,33)34/h7-8,11-16H,5-6,9-10H2,1-4H3,(H,26,27,29)/t14-,15-/m0/s1. The van der Waals surface area contributed by atoms with Gasteiger partial charge in [0, 0.05) is 18.3 Å². The molecule has 5 rings (SSSR count). The first-order valence-electron chi connectivity index (χ1n) is 11.9. The third kappa shape index (κ3) is 4.61. The molecule has 2 aromatic heterocycles. The van der Waals surface area contributed by atoms with E-state index in [4.69, 9.17) is 4.74 Å². The molecule has 10 nitrogen and oxygen atoms in total. The van der Waals surface area contributed by atoms with Crippen LogP contribution in [0.4, 0.5) is 20.7 Å². The van der Waals surface area contributed by atoms with Crippen LogP contribution in [-0.4, -0.2) is 63.1 Å². The van der Waals surface area contributed by atoms with E-state index in [9.17, 15) is 17.6 Å². The van der Waals surface area contributed by atoms with Gasteiger partial charge in [0.15, 0.2) is 15.5 Å². The van der Waals surface area contributed by atoms with Gasteiger partial charge in [0.2, 0.25) is 0 Å². The fourth-order valence-corrected chi connectivity index (χ4v) is 5.78. The van der Waals surface area contributed by atoms with Gasteiger partial charge < -0.3 is 15.0 Å². The molecule has 12 heteroatoms. The van der Waals surface area contributed by atoms with E-state index in [-0.39, 0.29) is 34.8 Å². The summed E-state index contributed by atoms with van der Waals surface area (Å²) < 4.78 is 45.5. The topological polar surface area (TPSA) is 119 Å². The lowest BCUT2D eigenvalue weighted by molar-refractivity contribution is 0.00253. The summed E-state index contributed by atoms with van der Waals surface area (Å²) in [5.41, 5.74) is 0.158. The number of nitrogens with one attached hydrogen (secondary N) is 1. The minimum atomic E-state index is -3.52. The molecular formula is C24H29FN6O4S. The van der Waals surface area contributed by atoms with Gasteiger partial charge in [-0.05, 0) is 64.7 Å². The zero-order valence-corrected chi connectivity index (χ0v) is 21.4. The second kappa shape index (κ2) is 8.68. The molecule has 1 N–H and O–H groups in total. The van der Waals surface area contributed by atoms with E-state index in [2.05, 4.69) is 20.4 Å². The number of fused-ring (bicyclic) bond motifs is 3. The van der Waals surface area contributed by atoms with Crippen LogP contribution in [0.25, 0.3) is 11.0 Å². The van der Waals surface area contributed by atoms with Crippen molar-refractivity contribution in [3.8, 4) is 0 Å². The van der Waals surface area contributed by atoms with Gasteiger partial charge in [0.1, 0.15) is 23.6 Å². The summed E-state index contributed by atoms with van der Waals surface area (Å²) in [6.45, 7) is 5.60. The fraction of sp³-hybridized carbons (Fsp3) is 0.500. The Bertz CT molecular complexity index is 1420. The van der Waals surface area contributed by atoms with E-state index in [1.807, 2.05) is 30.4 Å². The SMILES string of the molecule is CC(C)(C)OC(=O)N1[C@H]2CC[C@H]1CC(n1ncc3c(Nc4ccc(S(C)(=O)=O)cc4F)ncnc31)C2. The average molecular weight is 517 g/mol. The molecule has 2 fully saturated rings. The van der Waals surface area contributed by atoms with Crippen molar-refractivity contribution < 1.29 is 22.3 Å². The molecule has 36 heavy (non-hydrogen) atoms. The maximum absolute atomic E-state index is 14.6. The van der Waals surface area contributed by atoms with E-state index < -0.39 is 21.3 Å². The number of benzene rings is 1. The quantitative estimate of drug-likeness (QED) is 0.548. The molecule has 0 radical (unpaired) electrons. The molecule has 2 saturated heterocycles. The molecule has 4 heterocycles. The molecule has 0 spiro atoms. The van der Waals surface area contributed by atoms with Crippen LogP contribution >= 0.6 is 0 Å². The average Bonchev–Trinajstić information content (AvgIpc) is 3.32. The van der Waals surface area contributed by atoms with Crippen molar-refractivity contribution in [1.29, 1.82) is 0 Å². The van der Waals surface area contributed by atoms with Crippen LogP contribution in [0.1, 0.15) is 52.5 Å². The van der Waals surface area contributed by atoms with Crippen LogP contribution in [-0.2, 0) is 14.6 Å². The minimum absolute atomic E-state index is 0.0483. The Morgan fingerprint density at radius 3 is 2.44 bits per heavy atom. The first kappa shape index (κ1) is 24.4. The third-order valence-electron chi connectivity index (χ3n) is 6.67. The molecule has 3 aromatic rings. The Morgan fingerprint density at radius 2 is 1.83 bits per heavy atom. The smallest absolute Gasteiger partial charge is 0.410 e. The zero-order valence-electron chi connectivity index (χ0n) is 20.6. The highest BCUT2D eigenvalue weighted by molar-refractivity contribution is 7.90. The van der Waals surface area contributed by atoms with Crippen molar-refractivity contribution >= 4 is 38.5 Å². The Balaban J connectivity index is 1.38. The number of rotatable bonds is 4. The molecule has 1 aromatic carbocycles. The predicted molar refractivity (Wildman–Crippen MR) is 131 cm³/mol. The highest BCUT2D eigenvalue weighted by Gasteiger charge is 2.45. The summed E-state index contributed by atoms with van der Waals surface area (Å²) in [4.78, 5) is 23.3. The summed E-state index contributed by atoms with van der Waals surface area (Å²) in [5, 5.41) is 8.14. The second-order valence-electron chi connectivity index (χ2n) is 10.5. The number of carbonyl (C=O) groups is 1. The van der Waals surface area contributed by atoms with Crippen molar-refractivity contribution in [2.24, 2.45) is 0 Å². The Hall–Kier alpha value is -3.28. The highest BCUT2D eigenvalue weighted by atomic mass is 32.2. The number of nitrogens with zero attached hydrogens (tertiary/aromatic N) is 5. The molecule has 192 valence electrons. The Labute approximate surface area is 208 Å². The molecule has 2 atom stereocenters. The zero-order chi connectivity index (χ0) is 25.8.